The number of aryl methyl sites for hydroxylation is 1. The molecule has 1 atom stereocenters. The molecule has 0 saturated heterocycles. The smallest absolute Gasteiger partial charge is 0.334 e. The molecule has 0 aliphatic heterocycles. The summed E-state index contributed by atoms with van der Waals surface area (Å²) in [6.07, 6.45) is 4.33. The van der Waals surface area contributed by atoms with Gasteiger partial charge in [0.25, 0.3) is 0 Å². The summed E-state index contributed by atoms with van der Waals surface area (Å²) in [5, 5.41) is 0. The predicted molar refractivity (Wildman–Crippen MR) is 98.5 cm³/mol. The molecule has 0 fully saturated rings. The lowest BCUT2D eigenvalue weighted by atomic mass is 9.87. The third kappa shape index (κ3) is 4.42. The number of nitrogens with zero attached hydrogens (tertiary/aromatic N) is 1. The van der Waals surface area contributed by atoms with E-state index in [-0.39, 0.29) is 5.97 Å². The molecule has 0 aliphatic carbocycles. The van der Waals surface area contributed by atoms with Crippen molar-refractivity contribution in [3.8, 4) is 0 Å². The Bertz CT molecular complexity index is 704. The van der Waals surface area contributed by atoms with Crippen LogP contribution in [0.4, 0.5) is 0 Å². The van der Waals surface area contributed by atoms with Gasteiger partial charge in [0.05, 0.1) is 7.11 Å². The van der Waals surface area contributed by atoms with Crippen LogP contribution in [-0.4, -0.2) is 24.8 Å². The number of benzene rings is 2. The molecular formula is C21H23NO2. The summed E-state index contributed by atoms with van der Waals surface area (Å²) in [6.45, 7) is 5.83. The van der Waals surface area contributed by atoms with Gasteiger partial charge in [-0.15, -0.1) is 6.58 Å². The number of hydrogen-bond acceptors (Lipinski definition) is 3. The minimum absolute atomic E-state index is 0.352. The molecule has 0 saturated carbocycles. The van der Waals surface area contributed by atoms with E-state index in [1.165, 1.54) is 12.7 Å². The van der Waals surface area contributed by atoms with Crippen LogP contribution in [0.25, 0.3) is 0 Å². The summed E-state index contributed by atoms with van der Waals surface area (Å²) in [5.74, 6) is -0.352. The molecule has 0 N–H and O–H groups in total. The number of methoxy groups -OCH3 is 1. The average molecular weight is 321 g/mol. The zero-order valence-corrected chi connectivity index (χ0v) is 14.2. The summed E-state index contributed by atoms with van der Waals surface area (Å²) in [5.41, 5.74) is 2.16. The first-order valence-corrected chi connectivity index (χ1v) is 7.95. The van der Waals surface area contributed by atoms with Crippen LogP contribution in [-0.2, 0) is 16.0 Å². The number of rotatable bonds is 7. The molecular weight excluding hydrogens is 298 g/mol. The van der Waals surface area contributed by atoms with Gasteiger partial charge in [-0.3, -0.25) is 4.99 Å². The Labute approximate surface area is 143 Å². The molecule has 3 nitrogen and oxygen atoms in total. The van der Waals surface area contributed by atoms with E-state index in [0.29, 0.717) is 12.8 Å². The topological polar surface area (TPSA) is 38.7 Å². The third-order valence-corrected chi connectivity index (χ3v) is 3.92. The van der Waals surface area contributed by atoms with Crippen LogP contribution in [0.2, 0.25) is 0 Å². The van der Waals surface area contributed by atoms with Gasteiger partial charge < -0.3 is 4.74 Å². The quantitative estimate of drug-likeness (QED) is 0.437. The number of aliphatic imine (C=N–C) groups is 1. The van der Waals surface area contributed by atoms with E-state index in [9.17, 15) is 4.79 Å². The second-order valence-electron chi connectivity index (χ2n) is 5.85. The first kappa shape index (κ1) is 17.7. The molecule has 1 unspecified atom stereocenters. The molecule has 0 aromatic heterocycles. The number of hydrogen-bond donors (Lipinski definition) is 0. The lowest BCUT2D eigenvalue weighted by Gasteiger charge is -2.26. The minimum atomic E-state index is -0.998. The number of ether oxygens (including phenoxy) is 1. The van der Waals surface area contributed by atoms with E-state index in [0.717, 1.165) is 11.1 Å². The van der Waals surface area contributed by atoms with Crippen LogP contribution in [0.3, 0.4) is 0 Å². The Morgan fingerprint density at radius 3 is 2.42 bits per heavy atom. The summed E-state index contributed by atoms with van der Waals surface area (Å²) < 4.78 is 5.05. The zero-order chi connectivity index (χ0) is 17.4. The molecule has 0 radical (unpaired) electrons. The van der Waals surface area contributed by atoms with E-state index in [4.69, 9.17) is 4.74 Å². The van der Waals surface area contributed by atoms with Crippen molar-refractivity contribution in [2.75, 3.05) is 7.11 Å². The predicted octanol–water partition coefficient (Wildman–Crippen LogP) is 4.14. The molecule has 24 heavy (non-hydrogen) atoms. The lowest BCUT2D eigenvalue weighted by molar-refractivity contribution is -0.146. The van der Waals surface area contributed by atoms with Crippen molar-refractivity contribution in [3.05, 3.63) is 83.9 Å². The van der Waals surface area contributed by atoms with Gasteiger partial charge in [-0.1, -0.05) is 66.2 Å². The molecule has 124 valence electrons. The molecule has 2 rings (SSSR count). The Morgan fingerprint density at radius 2 is 1.83 bits per heavy atom. The van der Waals surface area contributed by atoms with Gasteiger partial charge in [-0.2, -0.15) is 0 Å². The molecule has 0 aliphatic rings. The molecule has 0 bridgehead atoms. The van der Waals surface area contributed by atoms with E-state index in [1.54, 1.807) is 12.3 Å². The highest BCUT2D eigenvalue weighted by atomic mass is 16.5. The summed E-state index contributed by atoms with van der Waals surface area (Å²) >= 11 is 0. The van der Waals surface area contributed by atoms with Crippen LogP contribution >= 0.6 is 0 Å². The Kier molecular flexibility index (Phi) is 6.07. The molecule has 0 amide bonds. The maximum absolute atomic E-state index is 12.5. The Morgan fingerprint density at radius 1 is 1.17 bits per heavy atom. The Hall–Kier alpha value is -2.68. The van der Waals surface area contributed by atoms with Gasteiger partial charge in [0, 0.05) is 19.1 Å². The van der Waals surface area contributed by atoms with Crippen molar-refractivity contribution in [3.63, 3.8) is 0 Å². The second-order valence-corrected chi connectivity index (χ2v) is 5.85. The lowest BCUT2D eigenvalue weighted by Crippen LogP contribution is -2.40. The molecule has 2 aromatic carbocycles. The van der Waals surface area contributed by atoms with Crippen molar-refractivity contribution in [2.45, 2.75) is 25.3 Å². The fourth-order valence-electron chi connectivity index (χ4n) is 2.59. The largest absolute Gasteiger partial charge is 0.467 e. The molecule has 0 spiro atoms. The highest BCUT2D eigenvalue weighted by Gasteiger charge is 2.38. The highest BCUT2D eigenvalue weighted by Crippen LogP contribution is 2.25. The van der Waals surface area contributed by atoms with Crippen LogP contribution in [0.1, 0.15) is 23.1 Å². The minimum Gasteiger partial charge on any atom is -0.467 e. The molecule has 3 heteroatoms. The van der Waals surface area contributed by atoms with E-state index in [1.807, 2.05) is 61.5 Å². The van der Waals surface area contributed by atoms with Crippen LogP contribution in [0.15, 0.2) is 72.2 Å². The Balaban J connectivity index is 2.38. The zero-order valence-electron chi connectivity index (χ0n) is 14.2. The van der Waals surface area contributed by atoms with Crippen molar-refractivity contribution < 1.29 is 9.53 Å². The van der Waals surface area contributed by atoms with E-state index >= 15 is 0 Å². The van der Waals surface area contributed by atoms with Crippen molar-refractivity contribution in [2.24, 2.45) is 4.99 Å². The van der Waals surface area contributed by atoms with Gasteiger partial charge in [0.1, 0.15) is 0 Å². The summed E-state index contributed by atoms with van der Waals surface area (Å²) in [6, 6.07) is 17.8. The average Bonchev–Trinajstić information content (AvgIpc) is 2.62. The van der Waals surface area contributed by atoms with Gasteiger partial charge in [0.2, 0.25) is 0 Å². The van der Waals surface area contributed by atoms with Crippen LogP contribution in [0, 0.1) is 6.92 Å². The first-order chi connectivity index (χ1) is 11.6. The van der Waals surface area contributed by atoms with Crippen molar-refractivity contribution >= 4 is 12.2 Å². The number of esters is 1. The molecule has 2 aromatic rings. The fraction of sp³-hybridized carbons (Fsp3) is 0.238. The first-order valence-electron chi connectivity index (χ1n) is 7.95. The van der Waals surface area contributed by atoms with Crippen LogP contribution < -0.4 is 0 Å². The van der Waals surface area contributed by atoms with Crippen molar-refractivity contribution in [1.29, 1.82) is 0 Å². The third-order valence-electron chi connectivity index (χ3n) is 3.92. The van der Waals surface area contributed by atoms with Crippen molar-refractivity contribution in [1.82, 2.24) is 0 Å². The standard InChI is InChI=1S/C21H23NO2/c1-4-14-21(20(23)24-3,15-18-12-10-17(2)11-13-18)22-16-19-8-6-5-7-9-19/h4-13,16H,1,14-15H2,2-3H3. The second kappa shape index (κ2) is 8.25. The van der Waals surface area contributed by atoms with Gasteiger partial charge in [-0.25, -0.2) is 4.79 Å². The van der Waals surface area contributed by atoms with E-state index in [2.05, 4.69) is 11.6 Å². The fourth-order valence-corrected chi connectivity index (χ4v) is 2.59. The maximum Gasteiger partial charge on any atom is 0.334 e. The van der Waals surface area contributed by atoms with Crippen LogP contribution in [0.5, 0.6) is 0 Å². The SMILES string of the molecule is C=CCC(Cc1ccc(C)cc1)(N=Cc1ccccc1)C(=O)OC. The number of carbonyl (C=O) groups excluding carboxylic acids is 1. The number of carbonyl (C=O) groups is 1. The normalized spacial score (nSPS) is 13.4. The summed E-state index contributed by atoms with van der Waals surface area (Å²) in [4.78, 5) is 17.2. The maximum atomic E-state index is 12.5. The van der Waals surface area contributed by atoms with E-state index < -0.39 is 5.54 Å². The van der Waals surface area contributed by atoms with Gasteiger partial charge >= 0.3 is 5.97 Å². The monoisotopic (exact) mass is 321 g/mol. The molecule has 0 heterocycles. The summed E-state index contributed by atoms with van der Waals surface area (Å²) in [7, 11) is 1.40. The highest BCUT2D eigenvalue weighted by molar-refractivity contribution is 5.87. The van der Waals surface area contributed by atoms with Gasteiger partial charge in [0.15, 0.2) is 5.54 Å². The van der Waals surface area contributed by atoms with Gasteiger partial charge in [-0.05, 0) is 18.1 Å².